The van der Waals surface area contributed by atoms with E-state index in [1.807, 2.05) is 36.7 Å². The minimum atomic E-state index is -0.610. The number of benzene rings is 2. The number of aryl methyl sites for hydroxylation is 3. The summed E-state index contributed by atoms with van der Waals surface area (Å²) in [5.41, 5.74) is 11.9. The Hall–Kier alpha value is -5.63. The molecule has 0 aliphatic carbocycles. The number of nitrogens with zero attached hydrogens (tertiary/aromatic N) is 6. The second kappa shape index (κ2) is 10.9. The summed E-state index contributed by atoms with van der Waals surface area (Å²) in [6.07, 6.45) is 4.44. The first kappa shape index (κ1) is 27.0. The Morgan fingerprint density at radius 1 is 1.15 bits per heavy atom. The van der Waals surface area contributed by atoms with Crippen LogP contribution in [-0.2, 0) is 11.8 Å². The number of ether oxygens (including phenoxy) is 1. The summed E-state index contributed by atoms with van der Waals surface area (Å²) in [5.74, 6) is -0.853. The van der Waals surface area contributed by atoms with Crippen molar-refractivity contribution in [2.45, 2.75) is 13.8 Å². The number of amides is 1. The number of likely N-dealkylation sites (N-methyl/N-ethyl adjacent to an activating group) is 1. The molecule has 11 heteroatoms. The van der Waals surface area contributed by atoms with Gasteiger partial charge in [0.2, 0.25) is 0 Å². The van der Waals surface area contributed by atoms with Crippen molar-refractivity contribution >= 4 is 28.8 Å². The largest absolute Gasteiger partial charge is 0.421 e. The maximum atomic E-state index is 15.4. The second-order valence-electron chi connectivity index (χ2n) is 9.29. The minimum Gasteiger partial charge on any atom is -0.421 e. The number of carbonyl (C=O) groups is 1. The van der Waals surface area contributed by atoms with Gasteiger partial charge in [-0.3, -0.25) is 4.79 Å². The van der Waals surface area contributed by atoms with Crippen molar-refractivity contribution < 1.29 is 13.9 Å². The van der Waals surface area contributed by atoms with Gasteiger partial charge in [-0.2, -0.15) is 5.26 Å². The number of halogens is 1. The van der Waals surface area contributed by atoms with Crippen LogP contribution in [0.4, 0.5) is 10.2 Å². The summed E-state index contributed by atoms with van der Waals surface area (Å²) < 4.78 is 22.9. The monoisotopic (exact) mass is 548 g/mol. The van der Waals surface area contributed by atoms with Crippen LogP contribution < -0.4 is 15.8 Å². The standard InChI is InChI=1S/C30H25FN8O2/c1-16-11-18(12-20(14-32)29(40)34-3)5-7-21(16)26-24(25-27(33)36-15-37-28(25)39(26)4)19-6-8-23(22(31)13-19)41-30-35-10-9-17(2)38-30/h5-13,15H,1-4H3,(H,34,40)(H2,33,36,37)/b20-12+. The molecule has 3 N–H and O–H groups in total. The van der Waals surface area contributed by atoms with Gasteiger partial charge in [0.1, 0.15) is 29.4 Å². The summed E-state index contributed by atoms with van der Waals surface area (Å²) in [6, 6.07) is 13.8. The number of fused-ring (bicyclic) bond motifs is 1. The predicted molar refractivity (Wildman–Crippen MR) is 153 cm³/mol. The number of aromatic nitrogens is 5. The predicted octanol–water partition coefficient (Wildman–Crippen LogP) is 4.88. The highest BCUT2D eigenvalue weighted by molar-refractivity contribution is 6.08. The molecular formula is C30H25FN8O2. The van der Waals surface area contributed by atoms with Crippen LogP contribution >= 0.6 is 0 Å². The smallest absolute Gasteiger partial charge is 0.322 e. The van der Waals surface area contributed by atoms with Crippen molar-refractivity contribution in [1.82, 2.24) is 29.8 Å². The maximum absolute atomic E-state index is 15.4. The molecule has 0 spiro atoms. The topological polar surface area (TPSA) is 145 Å². The Kier molecular flexibility index (Phi) is 7.14. The molecule has 10 nitrogen and oxygen atoms in total. The average molecular weight is 549 g/mol. The van der Waals surface area contributed by atoms with Crippen LogP contribution in [0.25, 0.3) is 39.5 Å². The fraction of sp³-hybridized carbons (Fsp3) is 0.133. The molecule has 0 aliphatic rings. The van der Waals surface area contributed by atoms with Crippen LogP contribution in [0.15, 0.2) is 60.6 Å². The molecule has 5 rings (SSSR count). The molecule has 0 fully saturated rings. The number of nitrogens with two attached hydrogens (primary N) is 1. The summed E-state index contributed by atoms with van der Waals surface area (Å²) in [6.45, 7) is 3.70. The molecule has 0 unspecified atom stereocenters. The lowest BCUT2D eigenvalue weighted by Gasteiger charge is -2.13. The molecule has 0 aliphatic heterocycles. The Morgan fingerprint density at radius 3 is 2.63 bits per heavy atom. The van der Waals surface area contributed by atoms with Gasteiger partial charge >= 0.3 is 6.01 Å². The van der Waals surface area contributed by atoms with Crippen LogP contribution in [0.1, 0.15) is 16.8 Å². The Bertz CT molecular complexity index is 1910. The highest BCUT2D eigenvalue weighted by Gasteiger charge is 2.24. The van der Waals surface area contributed by atoms with Crippen LogP contribution in [0.5, 0.6) is 11.8 Å². The van der Waals surface area contributed by atoms with Gasteiger partial charge in [-0.1, -0.05) is 24.3 Å². The van der Waals surface area contributed by atoms with Crippen LogP contribution in [0.2, 0.25) is 0 Å². The van der Waals surface area contributed by atoms with Gasteiger partial charge in [0.25, 0.3) is 5.91 Å². The first-order valence-corrected chi connectivity index (χ1v) is 12.5. The van der Waals surface area contributed by atoms with E-state index in [1.165, 1.54) is 37.8 Å². The zero-order chi connectivity index (χ0) is 29.3. The number of anilines is 1. The van der Waals surface area contributed by atoms with Gasteiger partial charge in [-0.05, 0) is 54.8 Å². The minimum absolute atomic E-state index is 0.0122. The zero-order valence-electron chi connectivity index (χ0n) is 22.7. The maximum Gasteiger partial charge on any atom is 0.322 e. The average Bonchev–Trinajstić information content (AvgIpc) is 3.25. The van der Waals surface area contributed by atoms with Crippen LogP contribution in [-0.4, -0.2) is 37.5 Å². The number of nitrogens with one attached hydrogen (secondary N) is 1. The van der Waals surface area contributed by atoms with E-state index in [0.717, 1.165) is 16.8 Å². The molecule has 5 aromatic rings. The third kappa shape index (κ3) is 5.06. The fourth-order valence-electron chi connectivity index (χ4n) is 4.68. The first-order valence-electron chi connectivity index (χ1n) is 12.5. The van der Waals surface area contributed by atoms with Gasteiger partial charge in [-0.25, -0.2) is 24.3 Å². The van der Waals surface area contributed by atoms with E-state index < -0.39 is 11.7 Å². The summed E-state index contributed by atoms with van der Waals surface area (Å²) >= 11 is 0. The molecule has 0 saturated carbocycles. The lowest BCUT2D eigenvalue weighted by atomic mass is 9.94. The van der Waals surface area contributed by atoms with Gasteiger partial charge in [0.05, 0.1) is 11.1 Å². The molecule has 0 bridgehead atoms. The number of rotatable bonds is 6. The van der Waals surface area contributed by atoms with Gasteiger partial charge in [0.15, 0.2) is 11.6 Å². The second-order valence-corrected chi connectivity index (χ2v) is 9.29. The molecule has 41 heavy (non-hydrogen) atoms. The lowest BCUT2D eigenvalue weighted by Crippen LogP contribution is -2.19. The van der Waals surface area contributed by atoms with Gasteiger partial charge in [-0.15, -0.1) is 0 Å². The van der Waals surface area contributed by atoms with Crippen molar-refractivity contribution in [3.05, 3.63) is 83.2 Å². The molecule has 0 atom stereocenters. The van der Waals surface area contributed by atoms with E-state index in [4.69, 9.17) is 10.5 Å². The van der Waals surface area contributed by atoms with E-state index in [-0.39, 0.29) is 23.2 Å². The first-order chi connectivity index (χ1) is 19.7. The van der Waals surface area contributed by atoms with Crippen molar-refractivity contribution in [2.24, 2.45) is 7.05 Å². The molecule has 2 aromatic carbocycles. The lowest BCUT2D eigenvalue weighted by molar-refractivity contribution is -0.116. The van der Waals surface area contributed by atoms with E-state index in [2.05, 4.69) is 25.3 Å². The van der Waals surface area contributed by atoms with E-state index in [0.29, 0.717) is 33.4 Å². The third-order valence-electron chi connectivity index (χ3n) is 6.60. The zero-order valence-corrected chi connectivity index (χ0v) is 22.7. The van der Waals surface area contributed by atoms with Crippen LogP contribution in [0.3, 0.4) is 0 Å². The quantitative estimate of drug-likeness (QED) is 0.226. The molecule has 0 radical (unpaired) electrons. The highest BCUT2D eigenvalue weighted by atomic mass is 19.1. The van der Waals surface area contributed by atoms with E-state index in [1.54, 1.807) is 25.1 Å². The van der Waals surface area contributed by atoms with E-state index >= 15 is 4.39 Å². The Balaban J connectivity index is 1.66. The number of hydrogen-bond donors (Lipinski definition) is 2. The van der Waals surface area contributed by atoms with Crippen molar-refractivity contribution in [1.29, 1.82) is 5.26 Å². The van der Waals surface area contributed by atoms with Gasteiger partial charge in [0, 0.05) is 37.1 Å². The normalized spacial score (nSPS) is 11.4. The summed E-state index contributed by atoms with van der Waals surface area (Å²) in [4.78, 5) is 28.8. The molecular weight excluding hydrogens is 523 g/mol. The molecule has 204 valence electrons. The number of nitrogen functional groups attached to an aromatic ring is 1. The number of carbonyl (C=O) groups excluding carboxylic acids is 1. The number of nitriles is 1. The molecule has 0 saturated heterocycles. The molecule has 3 heterocycles. The molecule has 3 aromatic heterocycles. The fourth-order valence-corrected chi connectivity index (χ4v) is 4.68. The summed E-state index contributed by atoms with van der Waals surface area (Å²) in [5, 5.41) is 12.4. The third-order valence-corrected chi connectivity index (χ3v) is 6.60. The highest BCUT2D eigenvalue weighted by Crippen LogP contribution is 2.43. The van der Waals surface area contributed by atoms with Gasteiger partial charge < -0.3 is 20.4 Å². The van der Waals surface area contributed by atoms with Crippen molar-refractivity contribution in [2.75, 3.05) is 12.8 Å². The van der Waals surface area contributed by atoms with E-state index in [9.17, 15) is 10.1 Å². The van der Waals surface area contributed by atoms with Crippen molar-refractivity contribution in [3.63, 3.8) is 0 Å². The van der Waals surface area contributed by atoms with Crippen LogP contribution in [0, 0.1) is 31.0 Å². The van der Waals surface area contributed by atoms with Crippen molar-refractivity contribution in [3.8, 4) is 40.2 Å². The Labute approximate surface area is 235 Å². The number of hydrogen-bond acceptors (Lipinski definition) is 8. The Morgan fingerprint density at radius 2 is 1.95 bits per heavy atom. The summed E-state index contributed by atoms with van der Waals surface area (Å²) in [7, 11) is 3.32. The molecule has 1 amide bonds. The SMILES string of the molecule is CNC(=O)/C(C#N)=C/c1ccc(-c2c(-c3ccc(Oc4nccc(C)n4)c(F)c3)c3c(N)ncnc3n2C)c(C)c1.